The smallest absolute Gasteiger partial charge is 0.383 e. The molecule has 0 radical (unpaired) electrons. The SMILES string of the molecule is COCCn1c(C)cc(C(=O)Cn2cnc3c(cnn3-c3cccc(C(F)(F)F)c3)c2=O)c1C. The molecule has 0 spiro atoms. The van der Waals surface area contributed by atoms with Gasteiger partial charge in [-0.3, -0.25) is 14.2 Å². The van der Waals surface area contributed by atoms with Gasteiger partial charge < -0.3 is 9.30 Å². The normalized spacial score (nSPS) is 11.9. The summed E-state index contributed by atoms with van der Waals surface area (Å²) >= 11 is 0. The summed E-state index contributed by atoms with van der Waals surface area (Å²) < 4.78 is 48.7. The third-order valence-electron chi connectivity index (χ3n) is 5.68. The van der Waals surface area contributed by atoms with E-state index in [0.717, 1.165) is 23.5 Å². The number of carbonyl (C=O) groups excluding carboxylic acids is 1. The summed E-state index contributed by atoms with van der Waals surface area (Å²) in [5, 5.41) is 4.15. The standard InChI is InChI=1S/C23H22F3N5O3/c1-14-9-18(15(2)30(14)7-8-34-3)20(32)12-29-13-27-21-19(22(29)33)11-28-31(21)17-6-4-5-16(10-17)23(24,25)26/h4-6,9-11,13H,7-8,12H2,1-3H3. The van der Waals surface area contributed by atoms with Crippen molar-refractivity contribution < 1.29 is 22.7 Å². The number of ether oxygens (including phenoxy) is 1. The Morgan fingerprint density at radius 2 is 1.94 bits per heavy atom. The van der Waals surface area contributed by atoms with Gasteiger partial charge in [0, 0.05) is 30.6 Å². The first-order valence-electron chi connectivity index (χ1n) is 10.4. The zero-order valence-electron chi connectivity index (χ0n) is 18.8. The van der Waals surface area contributed by atoms with Crippen LogP contribution in [0.3, 0.4) is 0 Å². The van der Waals surface area contributed by atoms with Crippen LogP contribution in [0.2, 0.25) is 0 Å². The first-order valence-corrected chi connectivity index (χ1v) is 10.4. The van der Waals surface area contributed by atoms with Crippen molar-refractivity contribution in [3.8, 4) is 5.69 Å². The molecule has 11 heteroatoms. The Kier molecular flexibility index (Phi) is 6.13. The summed E-state index contributed by atoms with van der Waals surface area (Å²) in [6, 6.07) is 6.36. The van der Waals surface area contributed by atoms with Gasteiger partial charge in [0.25, 0.3) is 5.56 Å². The number of carbonyl (C=O) groups is 1. The molecule has 0 aliphatic heterocycles. The molecule has 34 heavy (non-hydrogen) atoms. The Morgan fingerprint density at radius 3 is 2.65 bits per heavy atom. The third-order valence-corrected chi connectivity index (χ3v) is 5.68. The lowest BCUT2D eigenvalue weighted by molar-refractivity contribution is -0.137. The van der Waals surface area contributed by atoms with Gasteiger partial charge in [0.2, 0.25) is 0 Å². The van der Waals surface area contributed by atoms with Crippen LogP contribution < -0.4 is 5.56 Å². The number of alkyl halides is 3. The van der Waals surface area contributed by atoms with Gasteiger partial charge >= 0.3 is 6.18 Å². The molecule has 4 aromatic rings. The van der Waals surface area contributed by atoms with Crippen LogP contribution in [0.25, 0.3) is 16.7 Å². The summed E-state index contributed by atoms with van der Waals surface area (Å²) in [5.74, 6) is -0.259. The van der Waals surface area contributed by atoms with Crippen LogP contribution in [-0.2, 0) is 24.0 Å². The van der Waals surface area contributed by atoms with Crippen LogP contribution in [0.1, 0.15) is 27.3 Å². The van der Waals surface area contributed by atoms with Crippen molar-refractivity contribution in [2.45, 2.75) is 33.1 Å². The second-order valence-electron chi connectivity index (χ2n) is 7.87. The summed E-state index contributed by atoms with van der Waals surface area (Å²) in [7, 11) is 1.60. The highest BCUT2D eigenvalue weighted by atomic mass is 19.4. The van der Waals surface area contributed by atoms with E-state index < -0.39 is 17.3 Å². The fourth-order valence-electron chi connectivity index (χ4n) is 3.91. The second-order valence-corrected chi connectivity index (χ2v) is 7.87. The lowest BCUT2D eigenvalue weighted by Crippen LogP contribution is -2.25. The van der Waals surface area contributed by atoms with Crippen molar-refractivity contribution >= 4 is 16.8 Å². The number of aromatic nitrogens is 5. The van der Waals surface area contributed by atoms with Crippen LogP contribution in [0.4, 0.5) is 13.2 Å². The highest BCUT2D eigenvalue weighted by molar-refractivity contribution is 5.97. The molecule has 0 fully saturated rings. The van der Waals surface area contributed by atoms with E-state index in [-0.39, 0.29) is 29.0 Å². The average molecular weight is 473 g/mol. The number of hydrogen-bond acceptors (Lipinski definition) is 5. The quantitative estimate of drug-likeness (QED) is 0.384. The molecular weight excluding hydrogens is 451 g/mol. The first-order chi connectivity index (χ1) is 16.1. The van der Waals surface area contributed by atoms with Crippen molar-refractivity contribution in [1.82, 2.24) is 23.9 Å². The van der Waals surface area contributed by atoms with Gasteiger partial charge in [0.1, 0.15) is 11.7 Å². The summed E-state index contributed by atoms with van der Waals surface area (Å²) in [6.07, 6.45) is -2.07. The van der Waals surface area contributed by atoms with Gasteiger partial charge in [0.05, 0.1) is 30.6 Å². The number of methoxy groups -OCH3 is 1. The molecular formula is C23H22F3N5O3. The number of nitrogens with zero attached hydrogens (tertiary/aromatic N) is 5. The van der Waals surface area contributed by atoms with E-state index in [9.17, 15) is 22.8 Å². The molecule has 3 heterocycles. The van der Waals surface area contributed by atoms with E-state index in [0.29, 0.717) is 18.7 Å². The lowest BCUT2D eigenvalue weighted by atomic mass is 10.1. The predicted octanol–water partition coefficient (Wildman–Crippen LogP) is 3.55. The monoisotopic (exact) mass is 473 g/mol. The highest BCUT2D eigenvalue weighted by Gasteiger charge is 2.30. The van der Waals surface area contributed by atoms with Crippen LogP contribution in [0.5, 0.6) is 0 Å². The van der Waals surface area contributed by atoms with Crippen LogP contribution in [0, 0.1) is 13.8 Å². The van der Waals surface area contributed by atoms with E-state index >= 15 is 0 Å². The average Bonchev–Trinajstić information content (AvgIpc) is 3.35. The summed E-state index contributed by atoms with van der Waals surface area (Å²) in [5.41, 5.74) is 1.06. The van der Waals surface area contributed by atoms with Crippen molar-refractivity contribution in [3.05, 3.63) is 75.7 Å². The zero-order chi connectivity index (χ0) is 24.6. The van der Waals surface area contributed by atoms with Crippen LogP contribution in [0.15, 0.2) is 47.7 Å². The fraction of sp³-hybridized carbons (Fsp3) is 0.304. The minimum Gasteiger partial charge on any atom is -0.383 e. The Bertz CT molecular complexity index is 1430. The highest BCUT2D eigenvalue weighted by Crippen LogP contribution is 2.30. The Hall–Kier alpha value is -3.73. The van der Waals surface area contributed by atoms with Gasteiger partial charge in [-0.1, -0.05) is 6.07 Å². The van der Waals surface area contributed by atoms with E-state index in [1.54, 1.807) is 13.2 Å². The predicted molar refractivity (Wildman–Crippen MR) is 118 cm³/mol. The molecule has 0 unspecified atom stereocenters. The Morgan fingerprint density at radius 1 is 1.18 bits per heavy atom. The molecule has 0 saturated carbocycles. The largest absolute Gasteiger partial charge is 0.416 e. The Balaban J connectivity index is 1.65. The minimum atomic E-state index is -4.52. The summed E-state index contributed by atoms with van der Waals surface area (Å²) in [4.78, 5) is 30.2. The number of aryl methyl sites for hydroxylation is 1. The maximum absolute atomic E-state index is 13.1. The van der Waals surface area contributed by atoms with Gasteiger partial charge in [-0.25, -0.2) is 9.67 Å². The number of fused-ring (bicyclic) bond motifs is 1. The lowest BCUT2D eigenvalue weighted by Gasteiger charge is -2.10. The molecule has 0 atom stereocenters. The van der Waals surface area contributed by atoms with Gasteiger partial charge in [-0.2, -0.15) is 18.3 Å². The molecule has 0 bridgehead atoms. The molecule has 0 N–H and O–H groups in total. The third kappa shape index (κ3) is 4.26. The molecule has 0 amide bonds. The second kappa shape index (κ2) is 8.90. The molecule has 1 aromatic carbocycles. The van der Waals surface area contributed by atoms with Crippen LogP contribution >= 0.6 is 0 Å². The number of Topliss-reactive ketones (excluding diaryl/α,β-unsaturated/α-hetero) is 1. The molecule has 178 valence electrons. The molecule has 0 aliphatic carbocycles. The van der Waals surface area contributed by atoms with Gasteiger partial charge in [-0.15, -0.1) is 0 Å². The number of ketones is 1. The molecule has 8 nitrogen and oxygen atoms in total. The zero-order valence-corrected chi connectivity index (χ0v) is 18.8. The van der Waals surface area contributed by atoms with Crippen LogP contribution in [-0.4, -0.2) is 43.4 Å². The van der Waals surface area contributed by atoms with Crippen molar-refractivity contribution in [1.29, 1.82) is 0 Å². The molecule has 4 rings (SSSR count). The fourth-order valence-corrected chi connectivity index (χ4v) is 3.91. The number of halogens is 3. The van der Waals surface area contributed by atoms with E-state index in [1.807, 2.05) is 18.4 Å². The van der Waals surface area contributed by atoms with Crippen molar-refractivity contribution in [3.63, 3.8) is 0 Å². The molecule has 0 aliphatic rings. The number of hydrogen-bond donors (Lipinski definition) is 0. The maximum atomic E-state index is 13.1. The van der Waals surface area contributed by atoms with Gasteiger partial charge in [-0.05, 0) is 38.1 Å². The topological polar surface area (TPSA) is 83.9 Å². The van der Waals surface area contributed by atoms with E-state index in [2.05, 4.69) is 10.1 Å². The van der Waals surface area contributed by atoms with Gasteiger partial charge in [0.15, 0.2) is 11.4 Å². The number of benzene rings is 1. The van der Waals surface area contributed by atoms with Crippen molar-refractivity contribution in [2.24, 2.45) is 0 Å². The van der Waals surface area contributed by atoms with E-state index in [4.69, 9.17) is 4.74 Å². The maximum Gasteiger partial charge on any atom is 0.416 e. The number of rotatable bonds is 7. The minimum absolute atomic E-state index is 0.0956. The molecule has 0 saturated heterocycles. The summed E-state index contributed by atoms with van der Waals surface area (Å²) in [6.45, 7) is 4.59. The molecule has 3 aromatic heterocycles. The first kappa shape index (κ1) is 23.4. The van der Waals surface area contributed by atoms with E-state index in [1.165, 1.54) is 33.9 Å². The Labute approximate surface area is 192 Å². The van der Waals surface area contributed by atoms with Crippen molar-refractivity contribution in [2.75, 3.05) is 13.7 Å².